The van der Waals surface area contributed by atoms with E-state index in [2.05, 4.69) is 38.0 Å². The van der Waals surface area contributed by atoms with Crippen molar-refractivity contribution >= 4 is 36.4 Å². The van der Waals surface area contributed by atoms with Crippen molar-refractivity contribution in [2.24, 2.45) is 0 Å². The zero-order chi connectivity index (χ0) is 19.3. The number of nitrogens with one attached hydrogen (secondary N) is 2. The Morgan fingerprint density at radius 3 is 2.50 bits per heavy atom. The van der Waals surface area contributed by atoms with Crippen molar-refractivity contribution in [3.8, 4) is 0 Å². The summed E-state index contributed by atoms with van der Waals surface area (Å²) in [6.07, 6.45) is 2.02. The van der Waals surface area contributed by atoms with Crippen molar-refractivity contribution in [1.29, 1.82) is 0 Å². The first-order valence-corrected chi connectivity index (χ1v) is 10.0. The van der Waals surface area contributed by atoms with Gasteiger partial charge < -0.3 is 15.4 Å². The highest BCUT2D eigenvalue weighted by atomic mass is 35.5. The van der Waals surface area contributed by atoms with E-state index in [-0.39, 0.29) is 30.7 Å². The molecule has 2 aliphatic heterocycles. The number of anilines is 1. The van der Waals surface area contributed by atoms with E-state index in [4.69, 9.17) is 4.74 Å². The smallest absolute Gasteiger partial charge is 0.278 e. The number of carbonyl (C=O) groups is 1. The third kappa shape index (κ3) is 5.92. The zero-order valence-electron chi connectivity index (χ0n) is 17.2. The minimum atomic E-state index is -0.210. The monoisotopic (exact) mass is 456 g/mol. The number of hydrogen-bond acceptors (Lipinski definition) is 6. The summed E-state index contributed by atoms with van der Waals surface area (Å²) < 4.78 is 7.29. The lowest BCUT2D eigenvalue weighted by Crippen LogP contribution is -2.35. The van der Waals surface area contributed by atoms with Gasteiger partial charge in [-0.15, -0.1) is 29.9 Å². The number of nitrogens with zero attached hydrogens (tertiary/aromatic N) is 4. The van der Waals surface area contributed by atoms with Crippen LogP contribution in [-0.4, -0.2) is 65.2 Å². The molecule has 0 atom stereocenters. The van der Waals surface area contributed by atoms with Crippen molar-refractivity contribution in [1.82, 2.24) is 25.2 Å². The standard InChI is InChI=1S/C20H28N6O2.2ClH/c1-15-19(23-24-26(15)18-6-8-21-9-7-18)20(27)22-17-4-2-16(3-5-17)14-25-10-12-28-13-11-25;;/h2-5,18,21H,6-14H2,1H3,(H,22,27);2*1H. The molecule has 3 heterocycles. The van der Waals surface area contributed by atoms with Crippen molar-refractivity contribution in [3.05, 3.63) is 41.2 Å². The van der Waals surface area contributed by atoms with Gasteiger partial charge in [-0.25, -0.2) is 4.68 Å². The Morgan fingerprint density at radius 1 is 1.17 bits per heavy atom. The van der Waals surface area contributed by atoms with Gasteiger partial charge in [0, 0.05) is 25.3 Å². The van der Waals surface area contributed by atoms with E-state index >= 15 is 0 Å². The summed E-state index contributed by atoms with van der Waals surface area (Å²) in [6, 6.07) is 8.32. The van der Waals surface area contributed by atoms with Crippen LogP contribution in [0.15, 0.2) is 24.3 Å². The molecule has 0 spiro atoms. The predicted molar refractivity (Wildman–Crippen MR) is 121 cm³/mol. The van der Waals surface area contributed by atoms with Crippen LogP contribution in [0.5, 0.6) is 0 Å². The zero-order valence-corrected chi connectivity index (χ0v) is 18.8. The summed E-state index contributed by atoms with van der Waals surface area (Å²) in [5, 5.41) is 14.7. The number of benzene rings is 1. The molecule has 10 heteroatoms. The van der Waals surface area contributed by atoms with Gasteiger partial charge in [-0.1, -0.05) is 17.3 Å². The van der Waals surface area contributed by atoms with Crippen LogP contribution in [0.2, 0.25) is 0 Å². The van der Waals surface area contributed by atoms with E-state index in [1.807, 2.05) is 23.7 Å². The molecule has 0 radical (unpaired) electrons. The van der Waals surface area contributed by atoms with Crippen LogP contribution < -0.4 is 10.6 Å². The molecule has 2 aromatic rings. The van der Waals surface area contributed by atoms with E-state index in [0.29, 0.717) is 11.7 Å². The van der Waals surface area contributed by atoms with Crippen LogP contribution in [0.4, 0.5) is 5.69 Å². The van der Waals surface area contributed by atoms with Gasteiger partial charge in [-0.05, 0) is 50.6 Å². The molecule has 0 saturated carbocycles. The molecule has 2 N–H and O–H groups in total. The van der Waals surface area contributed by atoms with Crippen LogP contribution in [0.3, 0.4) is 0 Å². The molecule has 166 valence electrons. The van der Waals surface area contributed by atoms with Crippen LogP contribution >= 0.6 is 24.8 Å². The Balaban J connectivity index is 0.00000160. The Kier molecular flexibility index (Phi) is 9.51. The van der Waals surface area contributed by atoms with E-state index in [1.54, 1.807) is 0 Å². The molecule has 8 nitrogen and oxygen atoms in total. The minimum Gasteiger partial charge on any atom is -0.379 e. The normalized spacial score (nSPS) is 17.6. The Labute approximate surface area is 189 Å². The fraction of sp³-hybridized carbons (Fsp3) is 0.550. The second-order valence-electron chi connectivity index (χ2n) is 7.49. The summed E-state index contributed by atoms with van der Waals surface area (Å²) in [4.78, 5) is 15.0. The predicted octanol–water partition coefficient (Wildman–Crippen LogP) is 2.44. The molecular weight excluding hydrogens is 427 g/mol. The number of hydrogen-bond donors (Lipinski definition) is 2. The lowest BCUT2D eigenvalue weighted by atomic mass is 10.1. The average Bonchev–Trinajstić information content (AvgIpc) is 3.12. The molecule has 2 saturated heterocycles. The summed E-state index contributed by atoms with van der Waals surface area (Å²) in [5.41, 5.74) is 3.23. The highest BCUT2D eigenvalue weighted by molar-refractivity contribution is 6.03. The van der Waals surface area contributed by atoms with Gasteiger partial charge in [0.2, 0.25) is 0 Å². The maximum atomic E-state index is 12.7. The highest BCUT2D eigenvalue weighted by Gasteiger charge is 2.23. The lowest BCUT2D eigenvalue weighted by molar-refractivity contribution is 0.0342. The molecule has 0 bridgehead atoms. The molecule has 30 heavy (non-hydrogen) atoms. The second kappa shape index (κ2) is 11.6. The molecule has 4 rings (SSSR count). The van der Waals surface area contributed by atoms with E-state index < -0.39 is 0 Å². The van der Waals surface area contributed by atoms with E-state index in [1.165, 1.54) is 5.56 Å². The number of carbonyl (C=O) groups excluding carboxylic acids is 1. The molecule has 1 aromatic heterocycles. The topological polar surface area (TPSA) is 84.3 Å². The number of halogens is 2. The summed E-state index contributed by atoms with van der Waals surface area (Å²) in [5.74, 6) is -0.210. The van der Waals surface area contributed by atoms with Gasteiger partial charge in [0.15, 0.2) is 5.69 Å². The van der Waals surface area contributed by atoms with Crippen molar-refractivity contribution in [3.63, 3.8) is 0 Å². The molecule has 0 aliphatic carbocycles. The Hall–Kier alpha value is -1.71. The lowest BCUT2D eigenvalue weighted by Gasteiger charge is -2.26. The number of piperidine rings is 1. The van der Waals surface area contributed by atoms with Gasteiger partial charge in [-0.2, -0.15) is 0 Å². The van der Waals surface area contributed by atoms with E-state index in [9.17, 15) is 4.79 Å². The Morgan fingerprint density at radius 2 is 1.83 bits per heavy atom. The first kappa shape index (κ1) is 24.6. The summed E-state index contributed by atoms with van der Waals surface area (Å²) in [7, 11) is 0. The largest absolute Gasteiger partial charge is 0.379 e. The third-order valence-electron chi connectivity index (χ3n) is 5.52. The molecule has 1 aromatic carbocycles. The van der Waals surface area contributed by atoms with Crippen LogP contribution in [0.25, 0.3) is 0 Å². The van der Waals surface area contributed by atoms with Crippen molar-refractivity contribution < 1.29 is 9.53 Å². The number of amides is 1. The molecule has 0 unspecified atom stereocenters. The quantitative estimate of drug-likeness (QED) is 0.718. The van der Waals surface area contributed by atoms with Gasteiger partial charge in [0.05, 0.1) is 24.9 Å². The molecule has 2 fully saturated rings. The first-order chi connectivity index (χ1) is 13.7. The highest BCUT2D eigenvalue weighted by Crippen LogP contribution is 2.21. The van der Waals surface area contributed by atoms with Gasteiger partial charge >= 0.3 is 0 Å². The van der Waals surface area contributed by atoms with Crippen molar-refractivity contribution in [2.75, 3.05) is 44.7 Å². The SMILES string of the molecule is Cc1c(C(=O)Nc2ccc(CN3CCOCC3)cc2)nnn1C1CCNCC1.Cl.Cl. The van der Waals surface area contributed by atoms with Crippen LogP contribution in [-0.2, 0) is 11.3 Å². The number of morpholine rings is 1. The average molecular weight is 457 g/mol. The van der Waals surface area contributed by atoms with Gasteiger partial charge in [0.1, 0.15) is 0 Å². The number of rotatable bonds is 5. The number of ether oxygens (including phenoxy) is 1. The summed E-state index contributed by atoms with van der Waals surface area (Å²) >= 11 is 0. The molecule has 1 amide bonds. The fourth-order valence-electron chi connectivity index (χ4n) is 3.85. The molecular formula is C20H30Cl2N6O2. The second-order valence-corrected chi connectivity index (χ2v) is 7.49. The van der Waals surface area contributed by atoms with E-state index in [0.717, 1.165) is 70.2 Å². The fourth-order valence-corrected chi connectivity index (χ4v) is 3.85. The van der Waals surface area contributed by atoms with Crippen molar-refractivity contribution in [2.45, 2.75) is 32.4 Å². The third-order valence-corrected chi connectivity index (χ3v) is 5.52. The molecule has 2 aliphatic rings. The van der Waals surface area contributed by atoms with Gasteiger partial charge in [0.25, 0.3) is 5.91 Å². The van der Waals surface area contributed by atoms with Crippen LogP contribution in [0.1, 0.15) is 40.6 Å². The first-order valence-electron chi connectivity index (χ1n) is 10.0. The Bertz CT molecular complexity index is 802. The minimum absolute atomic E-state index is 0. The van der Waals surface area contributed by atoms with Gasteiger partial charge in [-0.3, -0.25) is 9.69 Å². The maximum absolute atomic E-state index is 12.7. The maximum Gasteiger partial charge on any atom is 0.278 e. The number of aromatic nitrogens is 3. The summed E-state index contributed by atoms with van der Waals surface area (Å²) in [6.45, 7) is 8.29. The van der Waals surface area contributed by atoms with Crippen LogP contribution in [0, 0.1) is 6.92 Å².